The summed E-state index contributed by atoms with van der Waals surface area (Å²) in [4.78, 5) is 11.4. The van der Waals surface area contributed by atoms with E-state index in [9.17, 15) is 9.90 Å². The minimum absolute atomic E-state index is 0.0396. The minimum Gasteiger partial charge on any atom is -0.390 e. The Morgan fingerprint density at radius 2 is 2.11 bits per heavy atom. The Labute approximate surface area is 112 Å². The van der Waals surface area contributed by atoms with Gasteiger partial charge in [-0.05, 0) is 5.56 Å². The summed E-state index contributed by atoms with van der Waals surface area (Å²) >= 11 is 0. The van der Waals surface area contributed by atoms with Crippen LogP contribution >= 0.6 is 0 Å². The van der Waals surface area contributed by atoms with E-state index in [0.29, 0.717) is 6.61 Å². The quantitative estimate of drug-likeness (QED) is 0.857. The lowest BCUT2D eigenvalue weighted by Crippen LogP contribution is -2.47. The molecule has 0 saturated carbocycles. The highest BCUT2D eigenvalue weighted by atomic mass is 16.7. The minimum atomic E-state index is -0.895. The van der Waals surface area contributed by atoms with Crippen LogP contribution < -0.4 is 0 Å². The first-order chi connectivity index (χ1) is 9.20. The normalized spacial score (nSPS) is 27.5. The molecule has 0 amide bonds. The standard InChI is InChI=1S/C14H18O5/c1-17-14-12(16)7-11(15)13(19-14)9-18-8-10-5-3-2-4-6-10/h2-6,11,13-15H,7-9H2,1H3/t11-,13-,14-/m1/s1. The molecule has 2 rings (SSSR count). The van der Waals surface area contributed by atoms with E-state index >= 15 is 0 Å². The Morgan fingerprint density at radius 3 is 2.79 bits per heavy atom. The lowest BCUT2D eigenvalue weighted by Gasteiger charge is -2.31. The van der Waals surface area contributed by atoms with E-state index in [1.165, 1.54) is 7.11 Å². The molecule has 1 heterocycles. The zero-order valence-corrected chi connectivity index (χ0v) is 10.8. The second-order valence-electron chi connectivity index (χ2n) is 4.48. The number of benzene rings is 1. The van der Waals surface area contributed by atoms with Crippen molar-refractivity contribution in [3.8, 4) is 0 Å². The zero-order chi connectivity index (χ0) is 13.7. The number of carbonyl (C=O) groups excluding carboxylic acids is 1. The van der Waals surface area contributed by atoms with E-state index in [1.54, 1.807) is 0 Å². The van der Waals surface area contributed by atoms with Gasteiger partial charge in [0, 0.05) is 13.5 Å². The van der Waals surface area contributed by atoms with E-state index in [2.05, 4.69) is 0 Å². The van der Waals surface area contributed by atoms with E-state index in [4.69, 9.17) is 14.2 Å². The van der Waals surface area contributed by atoms with Crippen LogP contribution in [0.2, 0.25) is 0 Å². The van der Waals surface area contributed by atoms with Gasteiger partial charge in [0.05, 0.1) is 19.3 Å². The summed E-state index contributed by atoms with van der Waals surface area (Å²) in [5.41, 5.74) is 1.05. The van der Waals surface area contributed by atoms with Crippen molar-refractivity contribution in [1.82, 2.24) is 0 Å². The Kier molecular flexibility index (Phi) is 5.04. The molecule has 1 aliphatic heterocycles. The van der Waals surface area contributed by atoms with Crippen molar-refractivity contribution in [3.05, 3.63) is 35.9 Å². The lowest BCUT2D eigenvalue weighted by atomic mass is 10.0. The van der Waals surface area contributed by atoms with Crippen LogP contribution in [0.25, 0.3) is 0 Å². The van der Waals surface area contributed by atoms with Crippen molar-refractivity contribution in [3.63, 3.8) is 0 Å². The van der Waals surface area contributed by atoms with Gasteiger partial charge in [0.25, 0.3) is 0 Å². The second-order valence-corrected chi connectivity index (χ2v) is 4.48. The van der Waals surface area contributed by atoms with Gasteiger partial charge in [-0.2, -0.15) is 0 Å². The summed E-state index contributed by atoms with van der Waals surface area (Å²) in [7, 11) is 1.40. The number of hydrogen-bond acceptors (Lipinski definition) is 5. The fraction of sp³-hybridized carbons (Fsp3) is 0.500. The Bertz CT molecular complexity index is 406. The average Bonchev–Trinajstić information content (AvgIpc) is 2.42. The predicted octanol–water partition coefficient (Wildman–Crippen LogP) is 0.895. The lowest BCUT2D eigenvalue weighted by molar-refractivity contribution is -0.216. The molecule has 0 aliphatic carbocycles. The number of rotatable bonds is 5. The molecule has 0 unspecified atom stereocenters. The molecule has 0 spiro atoms. The highest BCUT2D eigenvalue weighted by molar-refractivity contribution is 5.83. The first-order valence-electron chi connectivity index (χ1n) is 6.21. The van der Waals surface area contributed by atoms with E-state index < -0.39 is 18.5 Å². The van der Waals surface area contributed by atoms with Gasteiger partial charge < -0.3 is 19.3 Å². The summed E-state index contributed by atoms with van der Waals surface area (Å²) in [5.74, 6) is -0.241. The molecule has 0 bridgehead atoms. The molecular formula is C14H18O5. The summed E-state index contributed by atoms with van der Waals surface area (Å²) in [5, 5.41) is 9.77. The smallest absolute Gasteiger partial charge is 0.218 e. The maximum atomic E-state index is 11.4. The molecule has 19 heavy (non-hydrogen) atoms. The Balaban J connectivity index is 1.80. The first-order valence-corrected chi connectivity index (χ1v) is 6.21. The van der Waals surface area contributed by atoms with Gasteiger partial charge in [-0.1, -0.05) is 30.3 Å². The number of Topliss-reactive ketones (excluding diaryl/α,β-unsaturated/α-hetero) is 1. The van der Waals surface area contributed by atoms with Crippen LogP contribution in [0.5, 0.6) is 0 Å². The second kappa shape index (κ2) is 6.77. The fourth-order valence-electron chi connectivity index (χ4n) is 1.96. The van der Waals surface area contributed by atoms with E-state index in [0.717, 1.165) is 5.56 Å². The molecule has 104 valence electrons. The first kappa shape index (κ1) is 14.1. The molecule has 5 heteroatoms. The van der Waals surface area contributed by atoms with Crippen LogP contribution in [-0.4, -0.2) is 43.1 Å². The monoisotopic (exact) mass is 266 g/mol. The van der Waals surface area contributed by atoms with Gasteiger partial charge in [0.2, 0.25) is 6.29 Å². The van der Waals surface area contributed by atoms with Crippen LogP contribution in [0.4, 0.5) is 0 Å². The van der Waals surface area contributed by atoms with Gasteiger partial charge in [-0.15, -0.1) is 0 Å². The molecule has 0 radical (unpaired) electrons. The highest BCUT2D eigenvalue weighted by Crippen LogP contribution is 2.18. The molecule has 1 fully saturated rings. The third kappa shape index (κ3) is 3.84. The molecule has 1 N–H and O–H groups in total. The molecule has 1 saturated heterocycles. The van der Waals surface area contributed by atoms with Crippen LogP contribution in [0.3, 0.4) is 0 Å². The number of aliphatic hydroxyl groups is 1. The maximum absolute atomic E-state index is 11.4. The maximum Gasteiger partial charge on any atom is 0.218 e. The summed E-state index contributed by atoms with van der Waals surface area (Å²) in [6, 6.07) is 9.72. The SMILES string of the molecule is CO[C@@H]1O[C@H](COCc2ccccc2)[C@H](O)CC1=O. The largest absolute Gasteiger partial charge is 0.390 e. The average molecular weight is 266 g/mol. The third-order valence-corrected chi connectivity index (χ3v) is 3.01. The van der Waals surface area contributed by atoms with Gasteiger partial charge in [-0.25, -0.2) is 0 Å². The molecule has 3 atom stereocenters. The molecule has 0 aromatic heterocycles. The number of aliphatic hydroxyl groups excluding tert-OH is 1. The molecule has 5 nitrogen and oxygen atoms in total. The van der Waals surface area contributed by atoms with Crippen LogP contribution in [0.15, 0.2) is 30.3 Å². The number of ketones is 1. The highest BCUT2D eigenvalue weighted by Gasteiger charge is 2.36. The molecule has 1 aromatic carbocycles. The van der Waals surface area contributed by atoms with Gasteiger partial charge in [0.1, 0.15) is 6.10 Å². The number of methoxy groups -OCH3 is 1. The van der Waals surface area contributed by atoms with Crippen LogP contribution in [-0.2, 0) is 25.6 Å². The van der Waals surface area contributed by atoms with E-state index in [-0.39, 0.29) is 18.8 Å². The number of hydrogen-bond donors (Lipinski definition) is 1. The van der Waals surface area contributed by atoms with Crippen molar-refractivity contribution in [2.45, 2.75) is 31.5 Å². The van der Waals surface area contributed by atoms with E-state index in [1.807, 2.05) is 30.3 Å². The summed E-state index contributed by atoms with van der Waals surface area (Å²) in [6.07, 6.45) is -2.23. The number of ether oxygens (including phenoxy) is 3. The molecule has 1 aromatic rings. The number of carbonyl (C=O) groups is 1. The van der Waals surface area contributed by atoms with Crippen molar-refractivity contribution < 1.29 is 24.1 Å². The summed E-state index contributed by atoms with van der Waals surface area (Å²) < 4.78 is 15.8. The molecular weight excluding hydrogens is 248 g/mol. The van der Waals surface area contributed by atoms with Gasteiger partial charge >= 0.3 is 0 Å². The van der Waals surface area contributed by atoms with Crippen LogP contribution in [0, 0.1) is 0 Å². The van der Waals surface area contributed by atoms with Crippen molar-refractivity contribution >= 4 is 5.78 Å². The molecule has 1 aliphatic rings. The van der Waals surface area contributed by atoms with Gasteiger partial charge in [-0.3, -0.25) is 4.79 Å². The van der Waals surface area contributed by atoms with Crippen molar-refractivity contribution in [1.29, 1.82) is 0 Å². The van der Waals surface area contributed by atoms with Crippen molar-refractivity contribution in [2.24, 2.45) is 0 Å². The Hall–Kier alpha value is -1.27. The third-order valence-electron chi connectivity index (χ3n) is 3.01. The zero-order valence-electron chi connectivity index (χ0n) is 10.8. The van der Waals surface area contributed by atoms with Gasteiger partial charge in [0.15, 0.2) is 5.78 Å². The Morgan fingerprint density at radius 1 is 1.37 bits per heavy atom. The fourth-order valence-corrected chi connectivity index (χ4v) is 1.96. The summed E-state index contributed by atoms with van der Waals surface area (Å²) in [6.45, 7) is 0.669. The predicted molar refractivity (Wildman–Crippen MR) is 67.4 cm³/mol. The van der Waals surface area contributed by atoms with Crippen LogP contribution in [0.1, 0.15) is 12.0 Å². The topological polar surface area (TPSA) is 65.0 Å². The van der Waals surface area contributed by atoms with Crippen molar-refractivity contribution in [2.75, 3.05) is 13.7 Å².